The second kappa shape index (κ2) is 3.69. The largest absolute Gasteiger partial charge is 0.404 e. The van der Waals surface area contributed by atoms with Crippen LogP contribution >= 0.6 is 0 Å². The molecule has 0 radical (unpaired) electrons. The molecular weight excluding hydrogens is 190 g/mol. The number of aliphatic imine (C=N–C) groups is 1. The Balaban J connectivity index is 2.25. The monoisotopic (exact) mass is 201 g/mol. The molecule has 0 fully saturated rings. The van der Waals surface area contributed by atoms with E-state index < -0.39 is 0 Å². The van der Waals surface area contributed by atoms with Gasteiger partial charge >= 0.3 is 5.97 Å². The van der Waals surface area contributed by atoms with Crippen molar-refractivity contribution in [3.8, 4) is 0 Å². The molecule has 3 heteroatoms. The zero-order chi connectivity index (χ0) is 10.8. The number of hydrogen-bond donors (Lipinski definition) is 0. The number of esters is 1. The molecule has 0 N–H and O–H groups in total. The normalized spacial score (nSPS) is 17.9. The molecule has 0 saturated heterocycles. The maximum atomic E-state index is 11.1. The second-order valence-electron chi connectivity index (χ2n) is 3.50. The summed E-state index contributed by atoms with van der Waals surface area (Å²) >= 11 is 0. The number of rotatable bonds is 1. The van der Waals surface area contributed by atoms with Crippen LogP contribution in [0.1, 0.15) is 12.5 Å². The van der Waals surface area contributed by atoms with E-state index in [4.69, 9.17) is 4.74 Å². The first-order chi connectivity index (χ1) is 7.15. The van der Waals surface area contributed by atoms with Crippen LogP contribution in [0.15, 0.2) is 40.9 Å². The molecule has 1 aromatic rings. The fourth-order valence-corrected chi connectivity index (χ4v) is 1.25. The van der Waals surface area contributed by atoms with Gasteiger partial charge in [-0.1, -0.05) is 17.7 Å². The van der Waals surface area contributed by atoms with Gasteiger partial charge in [-0.05, 0) is 26.0 Å². The van der Waals surface area contributed by atoms with E-state index in [1.807, 2.05) is 31.2 Å². The molecule has 1 aliphatic heterocycles. The van der Waals surface area contributed by atoms with Crippen LogP contribution in [0.5, 0.6) is 0 Å². The summed E-state index contributed by atoms with van der Waals surface area (Å²) in [7, 11) is 0. The lowest BCUT2D eigenvalue weighted by Gasteiger charge is -1.96. The van der Waals surface area contributed by atoms with Gasteiger partial charge in [0.2, 0.25) is 5.90 Å². The zero-order valence-corrected chi connectivity index (χ0v) is 8.65. The van der Waals surface area contributed by atoms with Gasteiger partial charge in [-0.15, -0.1) is 0 Å². The van der Waals surface area contributed by atoms with E-state index in [0.29, 0.717) is 11.5 Å². The first-order valence-electron chi connectivity index (χ1n) is 4.71. The van der Waals surface area contributed by atoms with E-state index in [2.05, 4.69) is 4.99 Å². The highest BCUT2D eigenvalue weighted by Gasteiger charge is 2.17. The lowest BCUT2D eigenvalue weighted by Crippen LogP contribution is -2.00. The Morgan fingerprint density at radius 2 is 1.80 bits per heavy atom. The van der Waals surface area contributed by atoms with Gasteiger partial charge in [0.15, 0.2) is 0 Å². The predicted octanol–water partition coefficient (Wildman–Crippen LogP) is 2.53. The molecule has 1 aliphatic rings. The minimum atomic E-state index is -0.319. The Morgan fingerprint density at radius 1 is 1.13 bits per heavy atom. The van der Waals surface area contributed by atoms with Crippen LogP contribution in [0.3, 0.4) is 0 Å². The Hall–Kier alpha value is -1.90. The molecule has 15 heavy (non-hydrogen) atoms. The highest BCUT2D eigenvalue weighted by Crippen LogP contribution is 2.16. The first kappa shape index (κ1) is 9.65. The summed E-state index contributed by atoms with van der Waals surface area (Å²) in [6, 6.07) is 7.70. The van der Waals surface area contributed by atoms with Gasteiger partial charge in [-0.25, -0.2) is 9.79 Å². The van der Waals surface area contributed by atoms with Crippen molar-refractivity contribution in [1.82, 2.24) is 0 Å². The van der Waals surface area contributed by atoms with Crippen LogP contribution in [0.4, 0.5) is 5.69 Å². The van der Waals surface area contributed by atoms with Gasteiger partial charge in [0, 0.05) is 11.6 Å². The molecule has 1 heterocycles. The molecule has 0 aromatic heterocycles. The first-order valence-corrected chi connectivity index (χ1v) is 4.71. The van der Waals surface area contributed by atoms with E-state index in [1.54, 1.807) is 13.0 Å². The molecule has 0 amide bonds. The molecule has 0 saturated carbocycles. The summed E-state index contributed by atoms with van der Waals surface area (Å²) in [5.74, 6) is 0.0437. The molecule has 76 valence electrons. The van der Waals surface area contributed by atoms with Crippen LogP contribution in [-0.4, -0.2) is 11.9 Å². The lowest BCUT2D eigenvalue weighted by atomic mass is 10.2. The van der Waals surface area contributed by atoms with Gasteiger partial charge in [0.05, 0.1) is 5.69 Å². The fraction of sp³-hybridized carbons (Fsp3) is 0.167. The van der Waals surface area contributed by atoms with Crippen molar-refractivity contribution < 1.29 is 9.53 Å². The predicted molar refractivity (Wildman–Crippen MR) is 58.1 cm³/mol. The molecule has 0 atom stereocenters. The van der Waals surface area contributed by atoms with Crippen molar-refractivity contribution in [1.29, 1.82) is 0 Å². The number of cyclic esters (lactones) is 1. The summed E-state index contributed by atoms with van der Waals surface area (Å²) in [5, 5.41) is 0. The van der Waals surface area contributed by atoms with Crippen molar-refractivity contribution in [2.75, 3.05) is 0 Å². The quantitative estimate of drug-likeness (QED) is 0.655. The van der Waals surface area contributed by atoms with Gasteiger partial charge in [-0.3, -0.25) is 0 Å². The summed E-state index contributed by atoms with van der Waals surface area (Å²) in [5.41, 5.74) is 2.55. The topological polar surface area (TPSA) is 38.7 Å². The summed E-state index contributed by atoms with van der Waals surface area (Å²) < 4.78 is 4.93. The Morgan fingerprint density at radius 3 is 2.33 bits per heavy atom. The SMILES string of the molecule is CC1=CC(=Nc2ccc(C)cc2)OC1=O. The third kappa shape index (κ3) is 2.13. The maximum absolute atomic E-state index is 11.1. The molecule has 3 nitrogen and oxygen atoms in total. The number of hydrogen-bond acceptors (Lipinski definition) is 3. The Labute approximate surface area is 88.1 Å². The highest BCUT2D eigenvalue weighted by atomic mass is 16.5. The summed E-state index contributed by atoms with van der Waals surface area (Å²) in [6.07, 6.45) is 1.64. The summed E-state index contributed by atoms with van der Waals surface area (Å²) in [6.45, 7) is 3.72. The van der Waals surface area contributed by atoms with Gasteiger partial charge in [-0.2, -0.15) is 0 Å². The molecule has 0 unspecified atom stereocenters. The number of aryl methyl sites for hydroxylation is 1. The highest BCUT2D eigenvalue weighted by molar-refractivity contribution is 6.11. The van der Waals surface area contributed by atoms with Crippen LogP contribution in [-0.2, 0) is 9.53 Å². The number of carbonyl (C=O) groups is 1. The van der Waals surface area contributed by atoms with Crippen molar-refractivity contribution >= 4 is 17.6 Å². The van der Waals surface area contributed by atoms with E-state index in [-0.39, 0.29) is 5.97 Å². The standard InChI is InChI=1S/C12H11NO2/c1-8-3-5-10(6-4-8)13-11-7-9(2)12(14)15-11/h3-7H,1-2H3. The average Bonchev–Trinajstić information content (AvgIpc) is 2.50. The zero-order valence-electron chi connectivity index (χ0n) is 8.65. The third-order valence-electron chi connectivity index (χ3n) is 2.13. The van der Waals surface area contributed by atoms with E-state index in [9.17, 15) is 4.79 Å². The van der Waals surface area contributed by atoms with Crippen molar-refractivity contribution in [2.24, 2.45) is 4.99 Å². The minimum Gasteiger partial charge on any atom is -0.404 e. The average molecular weight is 201 g/mol. The number of nitrogens with zero attached hydrogens (tertiary/aromatic N) is 1. The third-order valence-corrected chi connectivity index (χ3v) is 2.13. The van der Waals surface area contributed by atoms with Crippen LogP contribution in [0, 0.1) is 6.92 Å². The van der Waals surface area contributed by atoms with Crippen LogP contribution < -0.4 is 0 Å². The number of carbonyl (C=O) groups excluding carboxylic acids is 1. The van der Waals surface area contributed by atoms with Crippen LogP contribution in [0.25, 0.3) is 0 Å². The summed E-state index contributed by atoms with van der Waals surface area (Å²) in [4.78, 5) is 15.3. The minimum absolute atomic E-state index is 0.319. The van der Waals surface area contributed by atoms with Crippen LogP contribution in [0.2, 0.25) is 0 Å². The molecule has 1 aromatic carbocycles. The second-order valence-corrected chi connectivity index (χ2v) is 3.50. The number of benzene rings is 1. The van der Waals surface area contributed by atoms with E-state index in [0.717, 1.165) is 5.69 Å². The van der Waals surface area contributed by atoms with Crippen molar-refractivity contribution in [3.05, 3.63) is 41.5 Å². The van der Waals surface area contributed by atoms with Crippen molar-refractivity contribution in [2.45, 2.75) is 13.8 Å². The molecular formula is C12H11NO2. The number of ether oxygens (including phenoxy) is 1. The van der Waals surface area contributed by atoms with Crippen molar-refractivity contribution in [3.63, 3.8) is 0 Å². The fourth-order valence-electron chi connectivity index (χ4n) is 1.25. The smallest absolute Gasteiger partial charge is 0.340 e. The van der Waals surface area contributed by atoms with Gasteiger partial charge in [0.1, 0.15) is 0 Å². The maximum Gasteiger partial charge on any atom is 0.340 e. The van der Waals surface area contributed by atoms with Gasteiger partial charge in [0.25, 0.3) is 0 Å². The Bertz CT molecular complexity index is 455. The van der Waals surface area contributed by atoms with E-state index in [1.165, 1.54) is 5.56 Å². The van der Waals surface area contributed by atoms with Gasteiger partial charge < -0.3 is 4.74 Å². The molecule has 2 rings (SSSR count). The molecule has 0 spiro atoms. The molecule has 0 bridgehead atoms. The Kier molecular flexibility index (Phi) is 2.37. The lowest BCUT2D eigenvalue weighted by molar-refractivity contribution is -0.130. The molecule has 0 aliphatic carbocycles. The van der Waals surface area contributed by atoms with E-state index >= 15 is 0 Å².